The van der Waals surface area contributed by atoms with E-state index in [1.54, 1.807) is 0 Å². The smallest absolute Gasteiger partial charge is 0.110 e. The third kappa shape index (κ3) is 5.26. The van der Waals surface area contributed by atoms with E-state index in [9.17, 15) is 0 Å². The average molecular weight is 371 g/mol. The largest absolute Gasteiger partial charge is 0.313 e. The lowest BCUT2D eigenvalue weighted by Gasteiger charge is -2.36. The van der Waals surface area contributed by atoms with Gasteiger partial charge in [0.1, 0.15) is 5.03 Å². The van der Waals surface area contributed by atoms with Crippen LogP contribution < -0.4 is 5.32 Å². The lowest BCUT2D eigenvalue weighted by atomic mass is 9.83. The minimum absolute atomic E-state index is 0.636. The van der Waals surface area contributed by atoms with Gasteiger partial charge in [0.25, 0.3) is 0 Å². The van der Waals surface area contributed by atoms with Crippen molar-refractivity contribution in [3.8, 4) is 0 Å². The van der Waals surface area contributed by atoms with Crippen LogP contribution in [0.15, 0.2) is 27.8 Å². The van der Waals surface area contributed by atoms with Crippen LogP contribution in [0.1, 0.15) is 52.4 Å². The van der Waals surface area contributed by atoms with Crippen LogP contribution in [0.5, 0.6) is 0 Å². The van der Waals surface area contributed by atoms with Crippen molar-refractivity contribution in [1.29, 1.82) is 0 Å². The summed E-state index contributed by atoms with van der Waals surface area (Å²) in [6.07, 6.45) is 9.81. The Kier molecular flexibility index (Phi) is 7.55. The van der Waals surface area contributed by atoms with Crippen LogP contribution in [0.25, 0.3) is 0 Å². The third-order valence-corrected chi connectivity index (χ3v) is 6.52. The normalized spacial score (nSPS) is 26.0. The first-order chi connectivity index (χ1) is 10.2. The molecule has 2 rings (SSSR count). The second kappa shape index (κ2) is 9.16. The van der Waals surface area contributed by atoms with E-state index in [1.807, 2.05) is 24.0 Å². The van der Waals surface area contributed by atoms with Crippen molar-refractivity contribution in [3.05, 3.63) is 22.8 Å². The Labute approximate surface area is 142 Å². The summed E-state index contributed by atoms with van der Waals surface area (Å²) in [5, 5.41) is 5.55. The number of nitrogens with one attached hydrogen (secondary N) is 1. The average Bonchev–Trinajstić information content (AvgIpc) is 2.49. The van der Waals surface area contributed by atoms with E-state index in [0.29, 0.717) is 11.3 Å². The first kappa shape index (κ1) is 17.3. The van der Waals surface area contributed by atoms with Gasteiger partial charge in [-0.3, -0.25) is 0 Å². The molecule has 0 amide bonds. The predicted molar refractivity (Wildman–Crippen MR) is 95.9 cm³/mol. The molecule has 3 atom stereocenters. The minimum Gasteiger partial charge on any atom is -0.313 e. The quantitative estimate of drug-likeness (QED) is 0.706. The molecule has 1 aliphatic carbocycles. The predicted octanol–water partition coefficient (Wildman–Crippen LogP) is 5.27. The summed E-state index contributed by atoms with van der Waals surface area (Å²) >= 11 is 5.60. The lowest BCUT2D eigenvalue weighted by molar-refractivity contribution is 0.287. The van der Waals surface area contributed by atoms with Gasteiger partial charge in [0.05, 0.1) is 0 Å². The highest BCUT2D eigenvalue weighted by Gasteiger charge is 2.31. The highest BCUT2D eigenvalue weighted by molar-refractivity contribution is 9.10. The standard InChI is InChI=1S/C17H27BrN2S/c1-3-6-13-8-9-15(19-10-4-2)16(12-13)21-17-14(18)7-5-11-20-17/h5,7,11,13,15-16,19H,3-4,6,8-10,12H2,1-2H3. The molecule has 118 valence electrons. The van der Waals surface area contributed by atoms with E-state index >= 15 is 0 Å². The van der Waals surface area contributed by atoms with Gasteiger partial charge in [-0.1, -0.05) is 26.7 Å². The van der Waals surface area contributed by atoms with Gasteiger partial charge >= 0.3 is 0 Å². The number of aromatic nitrogens is 1. The first-order valence-electron chi connectivity index (χ1n) is 8.25. The second-order valence-corrected chi connectivity index (χ2v) is 8.06. The molecule has 0 aromatic carbocycles. The van der Waals surface area contributed by atoms with E-state index in [0.717, 1.165) is 22.0 Å². The molecule has 1 aliphatic rings. The van der Waals surface area contributed by atoms with Gasteiger partial charge in [-0.2, -0.15) is 0 Å². The fourth-order valence-electron chi connectivity index (χ4n) is 3.18. The molecule has 0 aliphatic heterocycles. The maximum atomic E-state index is 4.55. The van der Waals surface area contributed by atoms with E-state index in [-0.39, 0.29) is 0 Å². The number of thioether (sulfide) groups is 1. The zero-order valence-electron chi connectivity index (χ0n) is 13.1. The van der Waals surface area contributed by atoms with Gasteiger partial charge in [0.15, 0.2) is 0 Å². The van der Waals surface area contributed by atoms with Gasteiger partial charge in [0.2, 0.25) is 0 Å². The van der Waals surface area contributed by atoms with Crippen LogP contribution in [0.2, 0.25) is 0 Å². The Morgan fingerprint density at radius 1 is 1.33 bits per heavy atom. The summed E-state index contributed by atoms with van der Waals surface area (Å²) in [6, 6.07) is 4.72. The van der Waals surface area contributed by atoms with Crippen molar-refractivity contribution < 1.29 is 0 Å². The van der Waals surface area contributed by atoms with Gasteiger partial charge < -0.3 is 5.32 Å². The van der Waals surface area contributed by atoms with E-state index in [1.165, 1.54) is 38.5 Å². The van der Waals surface area contributed by atoms with Gasteiger partial charge in [0, 0.05) is 22.0 Å². The number of pyridine rings is 1. The SMILES string of the molecule is CCCNC1CCC(CCC)CC1Sc1ncccc1Br. The fraction of sp³-hybridized carbons (Fsp3) is 0.706. The molecule has 1 aromatic rings. The zero-order valence-corrected chi connectivity index (χ0v) is 15.5. The van der Waals surface area contributed by atoms with Gasteiger partial charge in [-0.05, 0) is 66.2 Å². The molecule has 0 radical (unpaired) electrons. The van der Waals surface area contributed by atoms with E-state index in [2.05, 4.69) is 46.1 Å². The number of halogens is 1. The molecule has 3 unspecified atom stereocenters. The van der Waals surface area contributed by atoms with Crippen LogP contribution in [0.4, 0.5) is 0 Å². The molecule has 0 saturated heterocycles. The number of rotatable bonds is 7. The summed E-state index contributed by atoms with van der Waals surface area (Å²) in [6.45, 7) is 5.68. The molecule has 0 bridgehead atoms. The molecule has 1 saturated carbocycles. The summed E-state index contributed by atoms with van der Waals surface area (Å²) in [5.41, 5.74) is 0. The van der Waals surface area contributed by atoms with Crippen LogP contribution in [-0.4, -0.2) is 22.8 Å². The maximum absolute atomic E-state index is 4.55. The van der Waals surface area contributed by atoms with Crippen LogP contribution >= 0.6 is 27.7 Å². The molecule has 1 heterocycles. The molecule has 1 aromatic heterocycles. The monoisotopic (exact) mass is 370 g/mol. The molecule has 4 heteroatoms. The lowest BCUT2D eigenvalue weighted by Crippen LogP contribution is -2.43. The van der Waals surface area contributed by atoms with Crippen molar-refractivity contribution in [2.75, 3.05) is 6.54 Å². The molecule has 21 heavy (non-hydrogen) atoms. The van der Waals surface area contributed by atoms with Crippen molar-refractivity contribution in [1.82, 2.24) is 10.3 Å². The van der Waals surface area contributed by atoms with Crippen molar-refractivity contribution in [2.45, 2.75) is 68.7 Å². The topological polar surface area (TPSA) is 24.9 Å². The summed E-state index contributed by atoms with van der Waals surface area (Å²) in [7, 11) is 0. The Morgan fingerprint density at radius 2 is 2.19 bits per heavy atom. The molecule has 1 N–H and O–H groups in total. The van der Waals surface area contributed by atoms with Crippen molar-refractivity contribution in [2.24, 2.45) is 5.92 Å². The number of hydrogen-bond donors (Lipinski definition) is 1. The highest BCUT2D eigenvalue weighted by Crippen LogP contribution is 2.39. The molecular weight excluding hydrogens is 344 g/mol. The zero-order chi connectivity index (χ0) is 15.1. The fourth-order valence-corrected chi connectivity index (χ4v) is 5.07. The first-order valence-corrected chi connectivity index (χ1v) is 9.92. The maximum Gasteiger partial charge on any atom is 0.110 e. The number of hydrogen-bond acceptors (Lipinski definition) is 3. The Balaban J connectivity index is 2.03. The molecule has 2 nitrogen and oxygen atoms in total. The molecular formula is C17H27BrN2S. The van der Waals surface area contributed by atoms with E-state index < -0.39 is 0 Å². The third-order valence-electron chi connectivity index (χ3n) is 4.24. The van der Waals surface area contributed by atoms with Crippen LogP contribution in [0, 0.1) is 5.92 Å². The Morgan fingerprint density at radius 3 is 2.90 bits per heavy atom. The van der Waals surface area contributed by atoms with Crippen LogP contribution in [0.3, 0.4) is 0 Å². The van der Waals surface area contributed by atoms with Gasteiger partial charge in [-0.25, -0.2) is 4.98 Å². The van der Waals surface area contributed by atoms with E-state index in [4.69, 9.17) is 0 Å². The molecule has 1 fully saturated rings. The highest BCUT2D eigenvalue weighted by atomic mass is 79.9. The van der Waals surface area contributed by atoms with Gasteiger partial charge in [-0.15, -0.1) is 11.8 Å². The summed E-state index contributed by atoms with van der Waals surface area (Å²) in [4.78, 5) is 4.55. The molecule has 0 spiro atoms. The minimum atomic E-state index is 0.636. The van der Waals surface area contributed by atoms with Crippen molar-refractivity contribution >= 4 is 27.7 Å². The number of nitrogens with zero attached hydrogens (tertiary/aromatic N) is 1. The van der Waals surface area contributed by atoms with Crippen LogP contribution in [-0.2, 0) is 0 Å². The second-order valence-electron chi connectivity index (χ2n) is 5.98. The summed E-state index contributed by atoms with van der Waals surface area (Å²) in [5.74, 6) is 0.898. The Hall–Kier alpha value is -0.0600. The Bertz CT molecular complexity index is 427. The summed E-state index contributed by atoms with van der Waals surface area (Å²) < 4.78 is 1.13. The van der Waals surface area contributed by atoms with Crippen molar-refractivity contribution in [3.63, 3.8) is 0 Å².